The van der Waals surface area contributed by atoms with Gasteiger partial charge >= 0.3 is 0 Å². The average molecular weight is 232 g/mol. The number of hydrogen-bond acceptors (Lipinski definition) is 3. The summed E-state index contributed by atoms with van der Waals surface area (Å²) >= 11 is 11.7. The molecule has 1 aromatic rings. The van der Waals surface area contributed by atoms with Gasteiger partial charge in [0.05, 0.1) is 5.69 Å². The van der Waals surface area contributed by atoms with Gasteiger partial charge in [-0.3, -0.25) is 4.90 Å². The average Bonchev–Trinajstić information content (AvgIpc) is 2.17. The molecule has 0 saturated carbocycles. The minimum Gasteiger partial charge on any atom is -0.299 e. The Morgan fingerprint density at radius 3 is 2.86 bits per heavy atom. The van der Waals surface area contributed by atoms with Crippen molar-refractivity contribution in [1.82, 2.24) is 14.9 Å². The Labute approximate surface area is 93.1 Å². The van der Waals surface area contributed by atoms with Crippen molar-refractivity contribution in [1.29, 1.82) is 0 Å². The van der Waals surface area contributed by atoms with E-state index in [0.717, 1.165) is 37.3 Å². The van der Waals surface area contributed by atoms with Crippen LogP contribution in [0.2, 0.25) is 10.4 Å². The molecular formula is C9H11Cl2N3. The quantitative estimate of drug-likeness (QED) is 0.548. The fraction of sp³-hybridized carbons (Fsp3) is 0.556. The summed E-state index contributed by atoms with van der Waals surface area (Å²) in [5.74, 6) is 0. The van der Waals surface area contributed by atoms with Crippen LogP contribution in [0, 0.1) is 0 Å². The summed E-state index contributed by atoms with van der Waals surface area (Å²) in [7, 11) is 0. The molecule has 0 amide bonds. The molecular weight excluding hydrogens is 221 g/mol. The molecule has 1 aliphatic heterocycles. The summed E-state index contributed by atoms with van der Waals surface area (Å²) < 4.78 is 0. The molecule has 0 N–H and O–H groups in total. The van der Waals surface area contributed by atoms with Gasteiger partial charge in [-0.1, -0.05) is 18.5 Å². The SMILES string of the molecule is CCN1CCc2nc(Cl)nc(Cl)c2C1. The minimum atomic E-state index is 0.249. The first-order valence-electron chi connectivity index (χ1n) is 4.64. The van der Waals surface area contributed by atoms with Crippen LogP contribution >= 0.6 is 23.2 Å². The number of rotatable bonds is 1. The first kappa shape index (κ1) is 10.1. The molecule has 0 spiro atoms. The van der Waals surface area contributed by atoms with Crippen molar-refractivity contribution in [3.8, 4) is 0 Å². The van der Waals surface area contributed by atoms with Crippen LogP contribution in [0.3, 0.4) is 0 Å². The summed E-state index contributed by atoms with van der Waals surface area (Å²) in [5, 5.41) is 0.747. The molecule has 2 heterocycles. The van der Waals surface area contributed by atoms with Crippen LogP contribution in [0.1, 0.15) is 18.2 Å². The van der Waals surface area contributed by atoms with Crippen LogP contribution in [-0.4, -0.2) is 28.0 Å². The highest BCUT2D eigenvalue weighted by atomic mass is 35.5. The first-order valence-corrected chi connectivity index (χ1v) is 5.39. The van der Waals surface area contributed by atoms with E-state index in [1.54, 1.807) is 0 Å². The number of hydrogen-bond donors (Lipinski definition) is 0. The second-order valence-corrected chi connectivity index (χ2v) is 4.02. The summed E-state index contributed by atoms with van der Waals surface area (Å²) in [4.78, 5) is 10.4. The molecule has 0 aliphatic carbocycles. The predicted octanol–water partition coefficient (Wildman–Crippen LogP) is 2.16. The largest absolute Gasteiger partial charge is 0.299 e. The predicted molar refractivity (Wildman–Crippen MR) is 56.7 cm³/mol. The first-order chi connectivity index (χ1) is 6.70. The maximum atomic E-state index is 6.01. The number of aromatic nitrogens is 2. The Balaban J connectivity index is 2.37. The van der Waals surface area contributed by atoms with Crippen LogP contribution in [0.5, 0.6) is 0 Å². The van der Waals surface area contributed by atoms with E-state index in [-0.39, 0.29) is 5.28 Å². The van der Waals surface area contributed by atoms with E-state index >= 15 is 0 Å². The molecule has 5 heteroatoms. The van der Waals surface area contributed by atoms with Crippen molar-refractivity contribution in [3.05, 3.63) is 21.7 Å². The zero-order chi connectivity index (χ0) is 10.1. The van der Waals surface area contributed by atoms with Gasteiger partial charge in [0.1, 0.15) is 5.15 Å². The van der Waals surface area contributed by atoms with Gasteiger partial charge in [-0.25, -0.2) is 9.97 Å². The third-order valence-electron chi connectivity index (χ3n) is 2.51. The topological polar surface area (TPSA) is 29.0 Å². The van der Waals surface area contributed by atoms with Crippen molar-refractivity contribution >= 4 is 23.2 Å². The van der Waals surface area contributed by atoms with Crippen LogP contribution in [0.25, 0.3) is 0 Å². The molecule has 0 fully saturated rings. The maximum absolute atomic E-state index is 6.01. The van der Waals surface area contributed by atoms with Gasteiger partial charge < -0.3 is 0 Å². The van der Waals surface area contributed by atoms with Gasteiger partial charge in [-0.15, -0.1) is 0 Å². The Morgan fingerprint density at radius 2 is 2.14 bits per heavy atom. The highest BCUT2D eigenvalue weighted by Gasteiger charge is 2.20. The summed E-state index contributed by atoms with van der Waals surface area (Å²) in [5.41, 5.74) is 2.03. The molecule has 1 aliphatic rings. The number of nitrogens with zero attached hydrogens (tertiary/aromatic N) is 3. The van der Waals surface area contributed by atoms with E-state index in [2.05, 4.69) is 21.8 Å². The highest BCUT2D eigenvalue weighted by molar-refractivity contribution is 6.32. The lowest BCUT2D eigenvalue weighted by atomic mass is 10.1. The van der Waals surface area contributed by atoms with Crippen molar-refractivity contribution in [2.45, 2.75) is 19.9 Å². The number of likely N-dealkylation sites (N-methyl/N-ethyl adjacent to an activating group) is 1. The third kappa shape index (κ3) is 1.85. The molecule has 2 rings (SSSR count). The van der Waals surface area contributed by atoms with E-state index in [9.17, 15) is 0 Å². The summed E-state index contributed by atoms with van der Waals surface area (Å²) in [6.07, 6.45) is 0.908. The fourth-order valence-corrected chi connectivity index (χ4v) is 2.15. The summed E-state index contributed by atoms with van der Waals surface area (Å²) in [6.45, 7) is 5.02. The Kier molecular flexibility index (Phi) is 2.91. The molecule has 1 aromatic heterocycles. The zero-order valence-corrected chi connectivity index (χ0v) is 9.44. The molecule has 14 heavy (non-hydrogen) atoms. The lowest BCUT2D eigenvalue weighted by Crippen LogP contribution is -2.31. The zero-order valence-electron chi connectivity index (χ0n) is 7.93. The van der Waals surface area contributed by atoms with Crippen LogP contribution < -0.4 is 0 Å². The second-order valence-electron chi connectivity index (χ2n) is 3.33. The Morgan fingerprint density at radius 1 is 1.36 bits per heavy atom. The summed E-state index contributed by atoms with van der Waals surface area (Å²) in [6, 6.07) is 0. The van der Waals surface area contributed by atoms with Crippen LogP contribution in [0.4, 0.5) is 0 Å². The van der Waals surface area contributed by atoms with Crippen molar-refractivity contribution in [3.63, 3.8) is 0 Å². The lowest BCUT2D eigenvalue weighted by molar-refractivity contribution is 0.265. The number of fused-ring (bicyclic) bond motifs is 1. The van der Waals surface area contributed by atoms with Gasteiger partial charge in [0.2, 0.25) is 5.28 Å². The lowest BCUT2D eigenvalue weighted by Gasteiger charge is -2.26. The number of halogens is 2. The monoisotopic (exact) mass is 231 g/mol. The molecule has 0 bridgehead atoms. The van der Waals surface area contributed by atoms with Gasteiger partial charge in [-0.05, 0) is 18.1 Å². The van der Waals surface area contributed by atoms with Gasteiger partial charge in [-0.2, -0.15) is 0 Å². The molecule has 0 atom stereocenters. The van der Waals surface area contributed by atoms with Crippen molar-refractivity contribution < 1.29 is 0 Å². The van der Waals surface area contributed by atoms with E-state index in [0.29, 0.717) is 5.15 Å². The Hall–Kier alpha value is -0.380. The Bertz CT molecular complexity index is 354. The van der Waals surface area contributed by atoms with Crippen LogP contribution in [-0.2, 0) is 13.0 Å². The smallest absolute Gasteiger partial charge is 0.224 e. The van der Waals surface area contributed by atoms with E-state index in [1.165, 1.54) is 0 Å². The molecule has 0 aromatic carbocycles. The molecule has 0 saturated heterocycles. The van der Waals surface area contributed by atoms with Crippen molar-refractivity contribution in [2.24, 2.45) is 0 Å². The second kappa shape index (κ2) is 4.01. The maximum Gasteiger partial charge on any atom is 0.224 e. The molecule has 0 radical (unpaired) electrons. The van der Waals surface area contributed by atoms with Crippen molar-refractivity contribution in [2.75, 3.05) is 13.1 Å². The fourth-order valence-electron chi connectivity index (χ4n) is 1.67. The van der Waals surface area contributed by atoms with E-state index in [4.69, 9.17) is 23.2 Å². The molecule has 3 nitrogen and oxygen atoms in total. The van der Waals surface area contributed by atoms with Gasteiger partial charge in [0.25, 0.3) is 0 Å². The van der Waals surface area contributed by atoms with Crippen LogP contribution in [0.15, 0.2) is 0 Å². The van der Waals surface area contributed by atoms with E-state index in [1.807, 2.05) is 0 Å². The van der Waals surface area contributed by atoms with Gasteiger partial charge in [0, 0.05) is 25.1 Å². The standard InChI is InChI=1S/C9H11Cl2N3/c1-2-14-4-3-7-6(5-14)8(10)13-9(11)12-7/h2-5H2,1H3. The molecule has 0 unspecified atom stereocenters. The minimum absolute atomic E-state index is 0.249. The third-order valence-corrected chi connectivity index (χ3v) is 2.99. The van der Waals surface area contributed by atoms with Gasteiger partial charge in [0.15, 0.2) is 0 Å². The molecule has 76 valence electrons. The normalized spacial score (nSPS) is 16.8. The van der Waals surface area contributed by atoms with E-state index < -0.39 is 0 Å². The highest BCUT2D eigenvalue weighted by Crippen LogP contribution is 2.24.